The van der Waals surface area contributed by atoms with Gasteiger partial charge >= 0.3 is 0 Å². The number of piperidine rings is 1. The highest BCUT2D eigenvalue weighted by molar-refractivity contribution is 7.21. The summed E-state index contributed by atoms with van der Waals surface area (Å²) < 4.78 is 0. The van der Waals surface area contributed by atoms with E-state index in [1.807, 2.05) is 11.0 Å². The number of thiophene rings is 1. The second-order valence-corrected chi connectivity index (χ2v) is 7.08. The number of nitrogens with two attached hydrogens (primary N) is 2. The predicted molar refractivity (Wildman–Crippen MR) is 99.2 cm³/mol. The number of aromatic nitrogens is 3. The predicted octanol–water partition coefficient (Wildman–Crippen LogP) is 2.54. The Bertz CT molecular complexity index is 930. The maximum atomic E-state index is 12.8. The van der Waals surface area contributed by atoms with Crippen LogP contribution in [0.1, 0.15) is 28.9 Å². The van der Waals surface area contributed by atoms with E-state index in [9.17, 15) is 4.79 Å². The van der Waals surface area contributed by atoms with Crippen molar-refractivity contribution in [2.24, 2.45) is 0 Å². The van der Waals surface area contributed by atoms with Crippen LogP contribution in [0.2, 0.25) is 0 Å². The third-order valence-electron chi connectivity index (χ3n) is 4.36. The summed E-state index contributed by atoms with van der Waals surface area (Å²) in [5, 5.41) is 0. The molecule has 0 atom stereocenters. The van der Waals surface area contributed by atoms with E-state index in [-0.39, 0.29) is 5.91 Å². The molecule has 3 aromatic heterocycles. The molecule has 7 nitrogen and oxygen atoms in total. The molecule has 0 radical (unpaired) electrons. The normalized spacial score (nSPS) is 14.8. The van der Waals surface area contributed by atoms with Gasteiger partial charge in [0.15, 0.2) is 0 Å². The minimum atomic E-state index is -0.0160. The zero-order valence-corrected chi connectivity index (χ0v) is 14.4. The molecule has 0 unspecified atom stereocenters. The molecule has 0 aliphatic carbocycles. The Morgan fingerprint density at radius 2 is 1.88 bits per heavy atom. The number of rotatable bonds is 2. The number of nitrogen functional groups attached to an aromatic ring is 2. The summed E-state index contributed by atoms with van der Waals surface area (Å²) in [6, 6.07) is 3.56. The summed E-state index contributed by atoms with van der Waals surface area (Å²) in [5.41, 5.74) is 14.3. The molecule has 25 heavy (non-hydrogen) atoms. The zero-order valence-electron chi connectivity index (χ0n) is 13.6. The van der Waals surface area contributed by atoms with Crippen molar-refractivity contribution in [2.75, 3.05) is 24.6 Å². The Labute approximate surface area is 148 Å². The molecule has 4 rings (SSSR count). The van der Waals surface area contributed by atoms with Gasteiger partial charge in [-0.1, -0.05) is 0 Å². The molecule has 128 valence electrons. The fourth-order valence-electron chi connectivity index (χ4n) is 2.98. The van der Waals surface area contributed by atoms with Gasteiger partial charge in [0.05, 0.1) is 17.6 Å². The highest BCUT2D eigenvalue weighted by atomic mass is 32.1. The number of hydrogen-bond acceptors (Lipinski definition) is 7. The maximum absolute atomic E-state index is 12.8. The third-order valence-corrected chi connectivity index (χ3v) is 5.44. The minimum absolute atomic E-state index is 0.0160. The summed E-state index contributed by atoms with van der Waals surface area (Å²) in [7, 11) is 0. The fraction of sp³-hybridized carbons (Fsp3) is 0.294. The number of likely N-dealkylation sites (tertiary alicyclic amines) is 1. The van der Waals surface area contributed by atoms with Gasteiger partial charge in [-0.15, -0.1) is 11.3 Å². The van der Waals surface area contributed by atoms with Crippen LogP contribution in [0.5, 0.6) is 0 Å². The molecule has 8 heteroatoms. The molecule has 1 aliphatic heterocycles. The van der Waals surface area contributed by atoms with E-state index in [2.05, 4.69) is 15.0 Å². The van der Waals surface area contributed by atoms with Gasteiger partial charge in [0.1, 0.15) is 21.0 Å². The van der Waals surface area contributed by atoms with E-state index in [0.29, 0.717) is 32.4 Å². The standard InChI is InChI=1S/C17H18N6OS/c18-12-5-4-10(8-20-12)11-9-21-14-13(19)15(25-16(14)22-11)17(24)23-6-2-1-3-7-23/h4-5,8-9H,1-3,6-7,19H2,(H2,18,20). The van der Waals surface area contributed by atoms with Crippen LogP contribution in [0.25, 0.3) is 21.6 Å². The smallest absolute Gasteiger partial charge is 0.266 e. The Balaban J connectivity index is 1.71. The van der Waals surface area contributed by atoms with Gasteiger partial charge in [0.25, 0.3) is 5.91 Å². The van der Waals surface area contributed by atoms with Crippen LogP contribution in [0, 0.1) is 0 Å². The lowest BCUT2D eigenvalue weighted by molar-refractivity contribution is 0.0730. The number of pyridine rings is 1. The van der Waals surface area contributed by atoms with Gasteiger partial charge in [-0.2, -0.15) is 0 Å². The number of fused-ring (bicyclic) bond motifs is 1. The average molecular weight is 354 g/mol. The van der Waals surface area contributed by atoms with Gasteiger partial charge < -0.3 is 16.4 Å². The van der Waals surface area contributed by atoms with Gasteiger partial charge in [-0.25, -0.2) is 15.0 Å². The Hall–Kier alpha value is -2.74. The second-order valence-electron chi connectivity index (χ2n) is 6.08. The summed E-state index contributed by atoms with van der Waals surface area (Å²) in [4.78, 5) is 28.9. The van der Waals surface area contributed by atoms with E-state index in [4.69, 9.17) is 11.5 Å². The van der Waals surface area contributed by atoms with Gasteiger partial charge in [-0.05, 0) is 31.4 Å². The summed E-state index contributed by atoms with van der Waals surface area (Å²) in [6.45, 7) is 1.57. The molecule has 3 aromatic rings. The number of amides is 1. The van der Waals surface area contributed by atoms with Crippen LogP contribution < -0.4 is 11.5 Å². The van der Waals surface area contributed by atoms with Crippen molar-refractivity contribution in [3.05, 3.63) is 29.4 Å². The quantitative estimate of drug-likeness (QED) is 0.731. The molecule has 0 bridgehead atoms. The van der Waals surface area contributed by atoms with E-state index < -0.39 is 0 Å². The second kappa shape index (κ2) is 6.29. The Kier molecular flexibility index (Phi) is 3.96. The highest BCUT2D eigenvalue weighted by Gasteiger charge is 2.24. The van der Waals surface area contributed by atoms with E-state index in [0.717, 1.165) is 31.5 Å². The third kappa shape index (κ3) is 2.89. The van der Waals surface area contributed by atoms with Crippen molar-refractivity contribution < 1.29 is 4.79 Å². The number of hydrogen-bond donors (Lipinski definition) is 2. The van der Waals surface area contributed by atoms with Crippen LogP contribution in [-0.2, 0) is 0 Å². The van der Waals surface area contributed by atoms with Gasteiger partial charge in [0.2, 0.25) is 0 Å². The molecule has 1 saturated heterocycles. The monoisotopic (exact) mass is 354 g/mol. The lowest BCUT2D eigenvalue weighted by atomic mass is 10.1. The molecular formula is C17H18N6OS. The van der Waals surface area contributed by atoms with Crippen molar-refractivity contribution >= 4 is 39.1 Å². The van der Waals surface area contributed by atoms with E-state index in [1.165, 1.54) is 17.8 Å². The number of nitrogens with zero attached hydrogens (tertiary/aromatic N) is 4. The van der Waals surface area contributed by atoms with Crippen molar-refractivity contribution in [1.82, 2.24) is 19.9 Å². The molecule has 4 N–H and O–H groups in total. The molecule has 0 spiro atoms. The summed E-state index contributed by atoms with van der Waals surface area (Å²) in [5.74, 6) is 0.435. The molecule has 0 saturated carbocycles. The summed E-state index contributed by atoms with van der Waals surface area (Å²) >= 11 is 1.30. The molecule has 0 aromatic carbocycles. The molecule has 4 heterocycles. The Morgan fingerprint density at radius 1 is 1.08 bits per heavy atom. The molecular weight excluding hydrogens is 336 g/mol. The lowest BCUT2D eigenvalue weighted by Crippen LogP contribution is -2.35. The topological polar surface area (TPSA) is 111 Å². The largest absolute Gasteiger partial charge is 0.396 e. The minimum Gasteiger partial charge on any atom is -0.396 e. The van der Waals surface area contributed by atoms with Crippen molar-refractivity contribution in [1.29, 1.82) is 0 Å². The first-order valence-corrected chi connectivity index (χ1v) is 9.01. The number of anilines is 2. The Morgan fingerprint density at radius 3 is 2.60 bits per heavy atom. The first-order chi connectivity index (χ1) is 12.1. The summed E-state index contributed by atoms with van der Waals surface area (Å²) in [6.07, 6.45) is 6.56. The first-order valence-electron chi connectivity index (χ1n) is 8.19. The van der Waals surface area contributed by atoms with Crippen LogP contribution in [0.4, 0.5) is 11.5 Å². The zero-order chi connectivity index (χ0) is 17.4. The fourth-order valence-corrected chi connectivity index (χ4v) is 4.00. The number of carbonyl (C=O) groups is 1. The van der Waals surface area contributed by atoms with Crippen molar-refractivity contribution in [3.8, 4) is 11.3 Å². The van der Waals surface area contributed by atoms with Crippen LogP contribution in [0.3, 0.4) is 0 Å². The van der Waals surface area contributed by atoms with Crippen molar-refractivity contribution in [3.63, 3.8) is 0 Å². The molecule has 1 aliphatic rings. The van der Waals surface area contributed by atoms with Crippen LogP contribution in [-0.4, -0.2) is 38.8 Å². The molecule has 1 amide bonds. The maximum Gasteiger partial charge on any atom is 0.266 e. The molecule has 1 fully saturated rings. The van der Waals surface area contributed by atoms with Gasteiger partial charge in [-0.3, -0.25) is 4.79 Å². The lowest BCUT2D eigenvalue weighted by Gasteiger charge is -2.26. The van der Waals surface area contributed by atoms with E-state index in [1.54, 1.807) is 18.5 Å². The number of carbonyl (C=O) groups excluding carboxylic acids is 1. The first kappa shape index (κ1) is 15.8. The van der Waals surface area contributed by atoms with Crippen LogP contribution >= 0.6 is 11.3 Å². The average Bonchev–Trinajstić information content (AvgIpc) is 2.98. The SMILES string of the molecule is Nc1ccc(-c2cnc3c(N)c(C(=O)N4CCCCC4)sc3n2)cn1. The van der Waals surface area contributed by atoms with Crippen LogP contribution in [0.15, 0.2) is 24.5 Å². The van der Waals surface area contributed by atoms with Crippen molar-refractivity contribution in [2.45, 2.75) is 19.3 Å². The van der Waals surface area contributed by atoms with Gasteiger partial charge in [0, 0.05) is 24.8 Å². The van der Waals surface area contributed by atoms with E-state index >= 15 is 0 Å². The highest BCUT2D eigenvalue weighted by Crippen LogP contribution is 2.33.